The topological polar surface area (TPSA) is 32.3 Å². The van der Waals surface area contributed by atoms with E-state index in [0.717, 1.165) is 15.9 Å². The van der Waals surface area contributed by atoms with Crippen molar-refractivity contribution in [3.63, 3.8) is 0 Å². The molecule has 1 atom stereocenters. The molecule has 5 heteroatoms. The molecule has 84 valence electrons. The van der Waals surface area contributed by atoms with E-state index in [1.807, 2.05) is 32.5 Å². The van der Waals surface area contributed by atoms with Gasteiger partial charge >= 0.3 is 0 Å². The molecule has 0 saturated carbocycles. The molecule has 1 aromatic heterocycles. The van der Waals surface area contributed by atoms with E-state index >= 15 is 0 Å². The molecule has 1 rings (SSSR count). The van der Waals surface area contributed by atoms with Crippen LogP contribution in [0.1, 0.15) is 17.3 Å². The monoisotopic (exact) mass is 290 g/mol. The highest BCUT2D eigenvalue weighted by atomic mass is 79.9. The fraction of sp³-hybridized carbons (Fsp3) is 0.500. The highest BCUT2D eigenvalue weighted by Crippen LogP contribution is 2.20. The number of carbonyl (C=O) groups excluding carboxylic acids is 1. The molecule has 0 aliphatic heterocycles. The lowest BCUT2D eigenvalue weighted by Crippen LogP contribution is -2.39. The maximum Gasteiger partial charge on any atom is 0.252 e. The van der Waals surface area contributed by atoms with Gasteiger partial charge in [-0.05, 0) is 43.0 Å². The zero-order chi connectivity index (χ0) is 11.4. The summed E-state index contributed by atoms with van der Waals surface area (Å²) in [6, 6.07) is 1.99. The molecule has 3 nitrogen and oxygen atoms in total. The molecule has 0 aliphatic carbocycles. The smallest absolute Gasteiger partial charge is 0.252 e. The minimum atomic E-state index is -0.00806. The summed E-state index contributed by atoms with van der Waals surface area (Å²) in [6.07, 6.45) is 0. The van der Waals surface area contributed by atoms with E-state index in [-0.39, 0.29) is 11.9 Å². The second-order valence-electron chi connectivity index (χ2n) is 3.78. The van der Waals surface area contributed by atoms with Crippen LogP contribution in [0.3, 0.4) is 0 Å². The van der Waals surface area contributed by atoms with Crippen molar-refractivity contribution in [3.8, 4) is 0 Å². The van der Waals surface area contributed by atoms with Gasteiger partial charge in [0.1, 0.15) is 0 Å². The fourth-order valence-electron chi connectivity index (χ4n) is 1.33. The van der Waals surface area contributed by atoms with Gasteiger partial charge in [0.05, 0.1) is 9.35 Å². The maximum absolute atomic E-state index is 11.7. The first-order valence-electron chi connectivity index (χ1n) is 4.68. The largest absolute Gasteiger partial charge is 0.348 e. The Morgan fingerprint density at radius 3 is 2.80 bits per heavy atom. The van der Waals surface area contributed by atoms with Crippen LogP contribution in [0.5, 0.6) is 0 Å². The number of amides is 1. The first-order valence-corrected chi connectivity index (χ1v) is 6.36. The molecule has 0 bridgehead atoms. The van der Waals surface area contributed by atoms with E-state index in [2.05, 4.69) is 26.1 Å². The van der Waals surface area contributed by atoms with Crippen molar-refractivity contribution in [1.29, 1.82) is 0 Å². The highest BCUT2D eigenvalue weighted by Gasteiger charge is 2.11. The van der Waals surface area contributed by atoms with Gasteiger partial charge in [0.15, 0.2) is 0 Å². The van der Waals surface area contributed by atoms with Crippen LogP contribution in [0.2, 0.25) is 0 Å². The molecule has 1 aromatic rings. The minimum Gasteiger partial charge on any atom is -0.348 e. The molecule has 0 radical (unpaired) electrons. The quantitative estimate of drug-likeness (QED) is 0.922. The van der Waals surface area contributed by atoms with Crippen molar-refractivity contribution in [3.05, 3.63) is 20.8 Å². The average Bonchev–Trinajstić information content (AvgIpc) is 2.49. The molecule has 15 heavy (non-hydrogen) atoms. The van der Waals surface area contributed by atoms with Crippen LogP contribution in [0.4, 0.5) is 0 Å². The molecule has 0 aliphatic rings. The van der Waals surface area contributed by atoms with Crippen molar-refractivity contribution in [2.75, 3.05) is 20.6 Å². The van der Waals surface area contributed by atoms with Crippen LogP contribution in [0.25, 0.3) is 0 Å². The summed E-state index contributed by atoms with van der Waals surface area (Å²) in [5.41, 5.74) is 0.720. The highest BCUT2D eigenvalue weighted by molar-refractivity contribution is 9.11. The molecule has 0 fully saturated rings. The van der Waals surface area contributed by atoms with E-state index < -0.39 is 0 Å². The first-order chi connectivity index (χ1) is 6.99. The lowest BCUT2D eigenvalue weighted by atomic mass is 10.2. The number of thiophene rings is 1. The Balaban J connectivity index is 2.49. The summed E-state index contributed by atoms with van der Waals surface area (Å²) in [5.74, 6) is -0.00806. The third-order valence-corrected chi connectivity index (χ3v) is 3.35. The Hall–Kier alpha value is -0.390. The van der Waals surface area contributed by atoms with Crippen LogP contribution in [-0.2, 0) is 0 Å². The van der Waals surface area contributed by atoms with E-state index in [1.54, 1.807) is 0 Å². The molecule has 0 spiro atoms. The molecular formula is C10H15BrN2OS. The molecule has 1 heterocycles. The van der Waals surface area contributed by atoms with Gasteiger partial charge in [0, 0.05) is 18.0 Å². The molecule has 1 N–H and O–H groups in total. The zero-order valence-electron chi connectivity index (χ0n) is 9.08. The molecule has 1 amide bonds. The van der Waals surface area contributed by atoms with Gasteiger partial charge in [-0.2, -0.15) is 0 Å². The summed E-state index contributed by atoms with van der Waals surface area (Å²) >= 11 is 4.86. The van der Waals surface area contributed by atoms with E-state index in [9.17, 15) is 4.79 Å². The SMILES string of the molecule is CC(CN(C)C)NC(=O)c1csc(Br)c1. The second-order valence-corrected chi connectivity index (χ2v) is 6.07. The van der Waals surface area contributed by atoms with E-state index in [4.69, 9.17) is 0 Å². The summed E-state index contributed by atoms with van der Waals surface area (Å²) < 4.78 is 0.980. The maximum atomic E-state index is 11.7. The van der Waals surface area contributed by atoms with Gasteiger partial charge in [-0.1, -0.05) is 0 Å². The lowest BCUT2D eigenvalue weighted by molar-refractivity contribution is 0.0935. The van der Waals surface area contributed by atoms with Crippen molar-refractivity contribution >= 4 is 33.2 Å². The van der Waals surface area contributed by atoms with Gasteiger partial charge in [0.2, 0.25) is 0 Å². The third-order valence-electron chi connectivity index (χ3n) is 1.85. The Bertz CT molecular complexity index is 338. The minimum absolute atomic E-state index is 0.00806. The van der Waals surface area contributed by atoms with Gasteiger partial charge in [-0.3, -0.25) is 4.79 Å². The van der Waals surface area contributed by atoms with Crippen molar-refractivity contribution in [2.45, 2.75) is 13.0 Å². The van der Waals surface area contributed by atoms with Crippen LogP contribution in [0.15, 0.2) is 15.2 Å². The summed E-state index contributed by atoms with van der Waals surface area (Å²) in [4.78, 5) is 13.8. The number of rotatable bonds is 4. The van der Waals surface area contributed by atoms with Crippen LogP contribution < -0.4 is 5.32 Å². The molecule has 0 aromatic carbocycles. The Morgan fingerprint density at radius 1 is 1.67 bits per heavy atom. The Kier molecular flexibility index (Phi) is 4.76. The summed E-state index contributed by atoms with van der Waals surface area (Å²) in [7, 11) is 3.98. The van der Waals surface area contributed by atoms with E-state index in [1.165, 1.54) is 11.3 Å². The number of halogens is 1. The van der Waals surface area contributed by atoms with Crippen molar-refractivity contribution < 1.29 is 4.79 Å². The number of carbonyl (C=O) groups is 1. The Morgan fingerprint density at radius 2 is 2.33 bits per heavy atom. The first kappa shape index (κ1) is 12.7. The van der Waals surface area contributed by atoms with Crippen LogP contribution in [-0.4, -0.2) is 37.5 Å². The third kappa shape index (κ3) is 4.32. The standard InChI is InChI=1S/C10H15BrN2OS/c1-7(5-13(2)3)12-10(14)8-4-9(11)15-6-8/h4,6-7H,5H2,1-3H3,(H,12,14). The average molecular weight is 291 g/mol. The summed E-state index contributed by atoms with van der Waals surface area (Å²) in [5, 5.41) is 4.80. The number of likely N-dealkylation sites (N-methyl/N-ethyl adjacent to an activating group) is 1. The molecule has 0 saturated heterocycles. The zero-order valence-corrected chi connectivity index (χ0v) is 11.5. The number of hydrogen-bond donors (Lipinski definition) is 1. The van der Waals surface area contributed by atoms with Crippen LogP contribution in [0, 0.1) is 0 Å². The molecule has 1 unspecified atom stereocenters. The normalized spacial score (nSPS) is 12.9. The van der Waals surface area contributed by atoms with Gasteiger partial charge in [-0.15, -0.1) is 11.3 Å². The van der Waals surface area contributed by atoms with Crippen molar-refractivity contribution in [2.24, 2.45) is 0 Å². The summed E-state index contributed by atoms with van der Waals surface area (Å²) in [6.45, 7) is 2.84. The fourth-order valence-corrected chi connectivity index (χ4v) is 2.47. The van der Waals surface area contributed by atoms with Gasteiger partial charge in [0.25, 0.3) is 5.91 Å². The van der Waals surface area contributed by atoms with Crippen molar-refractivity contribution in [1.82, 2.24) is 10.2 Å². The van der Waals surface area contributed by atoms with E-state index in [0.29, 0.717) is 0 Å². The Labute approximate surface area is 103 Å². The predicted molar refractivity (Wildman–Crippen MR) is 67.5 cm³/mol. The molecular weight excluding hydrogens is 276 g/mol. The van der Waals surface area contributed by atoms with Crippen LogP contribution >= 0.6 is 27.3 Å². The number of hydrogen-bond acceptors (Lipinski definition) is 3. The number of nitrogens with one attached hydrogen (secondary N) is 1. The second kappa shape index (κ2) is 5.63. The van der Waals surface area contributed by atoms with Gasteiger partial charge in [-0.25, -0.2) is 0 Å². The lowest BCUT2D eigenvalue weighted by Gasteiger charge is -2.17. The predicted octanol–water partition coefficient (Wildman–Crippen LogP) is 2.19. The number of nitrogens with zero attached hydrogens (tertiary/aromatic N) is 1. The van der Waals surface area contributed by atoms with Gasteiger partial charge < -0.3 is 10.2 Å².